The van der Waals surface area contributed by atoms with E-state index in [1.165, 1.54) is 18.3 Å². The molecule has 0 unspecified atom stereocenters. The molecular formula is C16H16FN3O. The van der Waals surface area contributed by atoms with Gasteiger partial charge in [-0.3, -0.25) is 4.98 Å². The van der Waals surface area contributed by atoms with Crippen LogP contribution in [0.4, 0.5) is 10.1 Å². The summed E-state index contributed by atoms with van der Waals surface area (Å²) in [5.74, 6) is -0.359. The number of nitrogens with one attached hydrogen (secondary N) is 1. The van der Waals surface area contributed by atoms with Crippen molar-refractivity contribution in [3.8, 4) is 6.07 Å². The van der Waals surface area contributed by atoms with Crippen molar-refractivity contribution in [3.05, 3.63) is 35.3 Å². The molecule has 1 fully saturated rings. The number of nitriles is 1. The summed E-state index contributed by atoms with van der Waals surface area (Å²) in [4.78, 5) is 4.24. The quantitative estimate of drug-likeness (QED) is 0.909. The van der Waals surface area contributed by atoms with E-state index >= 15 is 0 Å². The molecule has 5 heteroatoms. The lowest BCUT2D eigenvalue weighted by Gasteiger charge is -2.37. The highest BCUT2D eigenvalue weighted by atomic mass is 19.1. The highest BCUT2D eigenvalue weighted by molar-refractivity contribution is 5.95. The van der Waals surface area contributed by atoms with Crippen molar-refractivity contribution in [1.29, 1.82) is 5.26 Å². The van der Waals surface area contributed by atoms with Crippen LogP contribution in [0.15, 0.2) is 18.3 Å². The van der Waals surface area contributed by atoms with Crippen LogP contribution >= 0.6 is 0 Å². The summed E-state index contributed by atoms with van der Waals surface area (Å²) in [5, 5.41) is 23.1. The van der Waals surface area contributed by atoms with E-state index in [1.807, 2.05) is 0 Å². The van der Waals surface area contributed by atoms with Crippen LogP contribution in [0.3, 0.4) is 0 Å². The molecule has 1 saturated carbocycles. The standard InChI is InChI=1S/C16H16FN3O/c1-10-5-12(17)6-13-14(10)19-8-11(7-18)15(13)20-9-16(21)3-2-4-16/h5-6,8,21H,2-4,9H2,1H3,(H,19,20). The van der Waals surface area contributed by atoms with Crippen molar-refractivity contribution in [1.82, 2.24) is 4.98 Å². The number of fused-ring (bicyclic) bond motifs is 1. The second-order valence-electron chi connectivity index (χ2n) is 5.71. The number of anilines is 1. The number of halogens is 1. The molecule has 1 aliphatic rings. The van der Waals surface area contributed by atoms with E-state index in [-0.39, 0.29) is 5.82 Å². The summed E-state index contributed by atoms with van der Waals surface area (Å²) < 4.78 is 13.7. The molecule has 4 nitrogen and oxygen atoms in total. The summed E-state index contributed by atoms with van der Waals surface area (Å²) in [7, 11) is 0. The van der Waals surface area contributed by atoms with Gasteiger partial charge in [-0.1, -0.05) is 0 Å². The first kappa shape index (κ1) is 13.8. The number of aromatic nitrogens is 1. The molecular weight excluding hydrogens is 269 g/mol. The Bertz CT molecular complexity index is 747. The van der Waals surface area contributed by atoms with E-state index < -0.39 is 5.60 Å². The Morgan fingerprint density at radius 1 is 1.48 bits per heavy atom. The maximum atomic E-state index is 13.7. The van der Waals surface area contributed by atoms with Crippen molar-refractivity contribution < 1.29 is 9.50 Å². The molecule has 0 aliphatic heterocycles. The fourth-order valence-corrected chi connectivity index (χ4v) is 2.73. The number of benzene rings is 1. The van der Waals surface area contributed by atoms with Gasteiger partial charge >= 0.3 is 0 Å². The Hall–Kier alpha value is -2.19. The molecule has 108 valence electrons. The minimum atomic E-state index is -0.718. The summed E-state index contributed by atoms with van der Waals surface area (Å²) in [6.45, 7) is 2.14. The number of nitrogens with zero attached hydrogens (tertiary/aromatic N) is 2. The number of aryl methyl sites for hydroxylation is 1. The van der Waals surface area contributed by atoms with Crippen LogP contribution in [0.5, 0.6) is 0 Å². The van der Waals surface area contributed by atoms with Crippen molar-refractivity contribution >= 4 is 16.6 Å². The monoisotopic (exact) mass is 285 g/mol. The third kappa shape index (κ3) is 2.43. The van der Waals surface area contributed by atoms with E-state index in [1.54, 1.807) is 6.92 Å². The molecule has 0 bridgehead atoms. The van der Waals surface area contributed by atoms with Crippen LogP contribution in [0.2, 0.25) is 0 Å². The number of pyridine rings is 1. The Morgan fingerprint density at radius 2 is 2.24 bits per heavy atom. The van der Waals surface area contributed by atoms with Gasteiger partial charge in [-0.2, -0.15) is 5.26 Å². The predicted octanol–water partition coefficient (Wildman–Crippen LogP) is 2.88. The summed E-state index contributed by atoms with van der Waals surface area (Å²) in [6, 6.07) is 4.87. The number of hydrogen-bond acceptors (Lipinski definition) is 4. The highest BCUT2D eigenvalue weighted by Gasteiger charge is 2.34. The zero-order chi connectivity index (χ0) is 15.0. The normalized spacial score (nSPS) is 16.3. The molecule has 1 heterocycles. The lowest BCUT2D eigenvalue weighted by atomic mass is 9.80. The molecule has 0 saturated heterocycles. The Labute approximate surface area is 122 Å². The topological polar surface area (TPSA) is 68.9 Å². The van der Waals surface area contributed by atoms with Crippen LogP contribution in [0.1, 0.15) is 30.4 Å². The van der Waals surface area contributed by atoms with Crippen molar-refractivity contribution in [3.63, 3.8) is 0 Å². The molecule has 0 atom stereocenters. The largest absolute Gasteiger partial charge is 0.388 e. The molecule has 3 rings (SSSR count). The fourth-order valence-electron chi connectivity index (χ4n) is 2.73. The lowest BCUT2D eigenvalue weighted by Crippen LogP contribution is -2.43. The highest BCUT2D eigenvalue weighted by Crippen LogP contribution is 2.34. The first-order valence-corrected chi connectivity index (χ1v) is 6.98. The summed E-state index contributed by atoms with van der Waals surface area (Å²) in [5.41, 5.74) is 1.57. The lowest BCUT2D eigenvalue weighted by molar-refractivity contribution is -0.0201. The molecule has 1 aromatic heterocycles. The molecule has 1 aliphatic carbocycles. The Morgan fingerprint density at radius 3 is 2.86 bits per heavy atom. The van der Waals surface area contributed by atoms with E-state index in [0.29, 0.717) is 28.7 Å². The molecule has 21 heavy (non-hydrogen) atoms. The second-order valence-corrected chi connectivity index (χ2v) is 5.71. The smallest absolute Gasteiger partial charge is 0.124 e. The van der Waals surface area contributed by atoms with Gasteiger partial charge in [0.25, 0.3) is 0 Å². The summed E-state index contributed by atoms with van der Waals surface area (Å²) >= 11 is 0. The maximum Gasteiger partial charge on any atom is 0.124 e. The van der Waals surface area contributed by atoms with Crippen LogP contribution in [0.25, 0.3) is 10.9 Å². The van der Waals surface area contributed by atoms with Gasteiger partial charge in [0.05, 0.1) is 22.4 Å². The molecule has 1 aromatic carbocycles. The third-order valence-corrected chi connectivity index (χ3v) is 4.13. The van der Waals surface area contributed by atoms with Crippen molar-refractivity contribution in [2.75, 3.05) is 11.9 Å². The Balaban J connectivity index is 2.07. The van der Waals surface area contributed by atoms with Crippen LogP contribution in [-0.4, -0.2) is 22.2 Å². The van der Waals surface area contributed by atoms with Gasteiger partial charge in [0.1, 0.15) is 11.9 Å². The van der Waals surface area contributed by atoms with Gasteiger partial charge in [0.2, 0.25) is 0 Å². The van der Waals surface area contributed by atoms with Gasteiger partial charge in [0.15, 0.2) is 0 Å². The van der Waals surface area contributed by atoms with E-state index in [4.69, 9.17) is 0 Å². The average Bonchev–Trinajstić information content (AvgIpc) is 2.42. The number of aliphatic hydroxyl groups is 1. The average molecular weight is 285 g/mol. The van der Waals surface area contributed by atoms with Crippen LogP contribution in [-0.2, 0) is 0 Å². The van der Waals surface area contributed by atoms with Gasteiger partial charge in [-0.25, -0.2) is 4.39 Å². The zero-order valence-corrected chi connectivity index (χ0v) is 11.8. The third-order valence-electron chi connectivity index (χ3n) is 4.13. The van der Waals surface area contributed by atoms with E-state index in [2.05, 4.69) is 16.4 Å². The molecule has 2 aromatic rings. The Kier molecular flexibility index (Phi) is 3.26. The van der Waals surface area contributed by atoms with Crippen LogP contribution < -0.4 is 5.32 Å². The number of hydrogen-bond donors (Lipinski definition) is 2. The van der Waals surface area contributed by atoms with E-state index in [0.717, 1.165) is 24.8 Å². The molecule has 2 N–H and O–H groups in total. The summed E-state index contributed by atoms with van der Waals surface area (Å²) in [6.07, 6.45) is 3.99. The van der Waals surface area contributed by atoms with Gasteiger partial charge < -0.3 is 10.4 Å². The number of rotatable bonds is 3. The first-order valence-electron chi connectivity index (χ1n) is 6.98. The predicted molar refractivity (Wildman–Crippen MR) is 78.4 cm³/mol. The van der Waals surface area contributed by atoms with Crippen molar-refractivity contribution in [2.45, 2.75) is 31.8 Å². The maximum absolute atomic E-state index is 13.7. The van der Waals surface area contributed by atoms with Crippen molar-refractivity contribution in [2.24, 2.45) is 0 Å². The van der Waals surface area contributed by atoms with Gasteiger partial charge in [0, 0.05) is 18.1 Å². The minimum Gasteiger partial charge on any atom is -0.388 e. The van der Waals surface area contributed by atoms with Gasteiger partial charge in [-0.05, 0) is 43.9 Å². The zero-order valence-electron chi connectivity index (χ0n) is 11.8. The minimum absolute atomic E-state index is 0.357. The molecule has 0 radical (unpaired) electrons. The fraction of sp³-hybridized carbons (Fsp3) is 0.375. The first-order chi connectivity index (χ1) is 10.0. The second kappa shape index (κ2) is 4.97. The van der Waals surface area contributed by atoms with Gasteiger partial charge in [-0.15, -0.1) is 0 Å². The molecule has 0 amide bonds. The SMILES string of the molecule is Cc1cc(F)cc2c(NCC3(O)CCC3)c(C#N)cnc12. The van der Waals surface area contributed by atoms with Crippen LogP contribution in [0, 0.1) is 24.1 Å². The molecule has 0 spiro atoms. The van der Waals surface area contributed by atoms with E-state index in [9.17, 15) is 14.8 Å².